The number of carbonyl (C=O) groups excluding carboxylic acids is 1. The molecule has 0 aliphatic heterocycles. The van der Waals surface area contributed by atoms with Crippen LogP contribution in [0.2, 0.25) is 0 Å². The van der Waals surface area contributed by atoms with Crippen molar-refractivity contribution in [2.75, 3.05) is 6.61 Å². The number of aromatic amines is 1. The lowest BCUT2D eigenvalue weighted by molar-refractivity contribution is 0.0491. The largest absolute Gasteiger partial charge is 0.460 e. The maximum absolute atomic E-state index is 11.5. The highest BCUT2D eigenvalue weighted by atomic mass is 16.5. The van der Waals surface area contributed by atoms with Crippen LogP contribution in [0.1, 0.15) is 17.5 Å². The van der Waals surface area contributed by atoms with E-state index in [4.69, 9.17) is 9.15 Å². The van der Waals surface area contributed by atoms with Crippen molar-refractivity contribution in [3.8, 4) is 11.5 Å². The van der Waals surface area contributed by atoms with E-state index in [0.717, 1.165) is 10.9 Å². The topological polar surface area (TPSA) is 68.1 Å². The Balaban J connectivity index is 2.01. The molecule has 5 nitrogen and oxygen atoms in total. The predicted molar refractivity (Wildman–Crippen MR) is 69.8 cm³/mol. The average Bonchev–Trinajstić information content (AvgIpc) is 3.05. The van der Waals surface area contributed by atoms with Gasteiger partial charge in [-0.25, -0.2) is 4.79 Å². The fourth-order valence-electron chi connectivity index (χ4n) is 1.93. The maximum atomic E-state index is 11.5. The van der Waals surface area contributed by atoms with Crippen molar-refractivity contribution in [1.29, 1.82) is 0 Å². The van der Waals surface area contributed by atoms with Gasteiger partial charge in [0.15, 0.2) is 5.76 Å². The summed E-state index contributed by atoms with van der Waals surface area (Å²) in [4.78, 5) is 11.5. The quantitative estimate of drug-likeness (QED) is 0.731. The maximum Gasteiger partial charge on any atom is 0.374 e. The van der Waals surface area contributed by atoms with Gasteiger partial charge in [0.05, 0.1) is 12.1 Å². The minimum Gasteiger partial charge on any atom is -0.460 e. The molecule has 1 N–H and O–H groups in total. The van der Waals surface area contributed by atoms with Crippen molar-refractivity contribution >= 4 is 16.9 Å². The molecule has 0 saturated carbocycles. The molecule has 96 valence electrons. The number of carbonyl (C=O) groups is 1. The molecule has 0 radical (unpaired) electrons. The zero-order valence-electron chi connectivity index (χ0n) is 10.3. The Morgan fingerprint density at radius 2 is 2.16 bits per heavy atom. The van der Waals surface area contributed by atoms with Crippen LogP contribution >= 0.6 is 0 Å². The number of ether oxygens (including phenoxy) is 1. The lowest BCUT2D eigenvalue weighted by atomic mass is 10.2. The number of nitrogens with zero attached hydrogens (tertiary/aromatic N) is 1. The first kappa shape index (κ1) is 11.5. The zero-order chi connectivity index (χ0) is 13.2. The molecule has 5 heteroatoms. The molecule has 0 saturated heterocycles. The first-order chi connectivity index (χ1) is 9.29. The summed E-state index contributed by atoms with van der Waals surface area (Å²) in [6.45, 7) is 2.07. The fourth-order valence-corrected chi connectivity index (χ4v) is 1.93. The van der Waals surface area contributed by atoms with E-state index >= 15 is 0 Å². The number of H-pyrrole nitrogens is 1. The third kappa shape index (κ3) is 1.99. The van der Waals surface area contributed by atoms with E-state index in [1.165, 1.54) is 0 Å². The molecule has 0 unspecified atom stereocenters. The van der Waals surface area contributed by atoms with Gasteiger partial charge in [-0.15, -0.1) is 0 Å². The Morgan fingerprint density at radius 1 is 1.32 bits per heavy atom. The Hall–Kier alpha value is -2.56. The minimum atomic E-state index is -0.464. The van der Waals surface area contributed by atoms with Crippen LogP contribution in [0.25, 0.3) is 22.4 Å². The first-order valence-corrected chi connectivity index (χ1v) is 6.00. The van der Waals surface area contributed by atoms with Gasteiger partial charge in [0.1, 0.15) is 5.69 Å². The number of esters is 1. The number of aromatic nitrogens is 2. The number of para-hydroxylation sites is 1. The molecular weight excluding hydrogens is 244 g/mol. The fraction of sp³-hybridized carbons (Fsp3) is 0.143. The lowest BCUT2D eigenvalue weighted by Gasteiger charge is -1.97. The van der Waals surface area contributed by atoms with E-state index in [0.29, 0.717) is 18.1 Å². The van der Waals surface area contributed by atoms with Gasteiger partial charge in [-0.1, -0.05) is 18.2 Å². The van der Waals surface area contributed by atoms with Gasteiger partial charge in [-0.2, -0.15) is 5.10 Å². The van der Waals surface area contributed by atoms with Crippen LogP contribution in [0.4, 0.5) is 0 Å². The molecule has 2 heterocycles. The van der Waals surface area contributed by atoms with E-state index in [-0.39, 0.29) is 5.76 Å². The number of furan rings is 1. The summed E-state index contributed by atoms with van der Waals surface area (Å²) < 4.78 is 10.4. The molecule has 0 spiro atoms. The molecule has 3 aromatic rings. The molecule has 0 aliphatic rings. The van der Waals surface area contributed by atoms with Crippen molar-refractivity contribution < 1.29 is 13.9 Å². The molecule has 19 heavy (non-hydrogen) atoms. The van der Waals surface area contributed by atoms with Crippen LogP contribution in [0.5, 0.6) is 0 Å². The van der Waals surface area contributed by atoms with Gasteiger partial charge in [0.25, 0.3) is 0 Å². The first-order valence-electron chi connectivity index (χ1n) is 6.00. The number of benzene rings is 1. The molecule has 2 aromatic heterocycles. The van der Waals surface area contributed by atoms with Crippen molar-refractivity contribution in [3.05, 3.63) is 42.2 Å². The standard InChI is InChI=1S/C14H12N2O3/c1-2-18-14(17)12-8-7-11(19-12)13-9-5-3-4-6-10(9)15-16-13/h3-8H,2H2,1H3,(H,15,16). The molecule has 0 amide bonds. The summed E-state index contributed by atoms with van der Waals surface area (Å²) in [6.07, 6.45) is 0. The second kappa shape index (κ2) is 4.61. The second-order valence-electron chi connectivity index (χ2n) is 4.00. The molecule has 3 rings (SSSR count). The van der Waals surface area contributed by atoms with Crippen LogP contribution in [0, 0.1) is 0 Å². The third-order valence-electron chi connectivity index (χ3n) is 2.79. The molecule has 0 aliphatic carbocycles. The van der Waals surface area contributed by atoms with E-state index in [2.05, 4.69) is 10.2 Å². The number of rotatable bonds is 3. The lowest BCUT2D eigenvalue weighted by Crippen LogP contribution is -2.02. The minimum absolute atomic E-state index is 0.184. The zero-order valence-corrected chi connectivity index (χ0v) is 10.3. The third-order valence-corrected chi connectivity index (χ3v) is 2.79. The molecule has 1 aromatic carbocycles. The Labute approximate surface area is 109 Å². The van der Waals surface area contributed by atoms with Crippen LogP contribution in [0.15, 0.2) is 40.8 Å². The summed E-state index contributed by atoms with van der Waals surface area (Å²) in [7, 11) is 0. The Morgan fingerprint density at radius 3 is 3.00 bits per heavy atom. The van der Waals surface area contributed by atoms with Gasteiger partial charge in [-0.3, -0.25) is 5.10 Å². The van der Waals surface area contributed by atoms with Gasteiger partial charge in [0.2, 0.25) is 5.76 Å². The summed E-state index contributed by atoms with van der Waals surface area (Å²) >= 11 is 0. The van der Waals surface area contributed by atoms with Crippen molar-refractivity contribution in [2.45, 2.75) is 6.92 Å². The highest BCUT2D eigenvalue weighted by Crippen LogP contribution is 2.27. The Kier molecular flexibility index (Phi) is 2.79. The normalized spacial score (nSPS) is 10.8. The van der Waals surface area contributed by atoms with Gasteiger partial charge in [-0.05, 0) is 25.1 Å². The van der Waals surface area contributed by atoms with Gasteiger partial charge < -0.3 is 9.15 Å². The van der Waals surface area contributed by atoms with E-state index in [1.54, 1.807) is 19.1 Å². The second-order valence-corrected chi connectivity index (χ2v) is 4.00. The molecular formula is C14H12N2O3. The number of hydrogen-bond acceptors (Lipinski definition) is 4. The van der Waals surface area contributed by atoms with E-state index < -0.39 is 5.97 Å². The van der Waals surface area contributed by atoms with Crippen LogP contribution in [-0.2, 0) is 4.74 Å². The Bertz CT molecular complexity index is 727. The van der Waals surface area contributed by atoms with Crippen molar-refractivity contribution in [2.24, 2.45) is 0 Å². The van der Waals surface area contributed by atoms with E-state index in [9.17, 15) is 4.79 Å². The average molecular weight is 256 g/mol. The highest BCUT2D eigenvalue weighted by Gasteiger charge is 2.16. The number of hydrogen-bond donors (Lipinski definition) is 1. The summed E-state index contributed by atoms with van der Waals surface area (Å²) in [6, 6.07) is 11.0. The number of fused-ring (bicyclic) bond motifs is 1. The summed E-state index contributed by atoms with van der Waals surface area (Å²) in [5, 5.41) is 8.09. The summed E-state index contributed by atoms with van der Waals surface area (Å²) in [5.41, 5.74) is 1.61. The monoisotopic (exact) mass is 256 g/mol. The molecule has 0 bridgehead atoms. The molecule has 0 fully saturated rings. The predicted octanol–water partition coefficient (Wildman–Crippen LogP) is 3.00. The smallest absolute Gasteiger partial charge is 0.374 e. The molecule has 0 atom stereocenters. The van der Waals surface area contributed by atoms with Crippen molar-refractivity contribution in [1.82, 2.24) is 10.2 Å². The summed E-state index contributed by atoms with van der Waals surface area (Å²) in [5.74, 6) is 0.262. The van der Waals surface area contributed by atoms with Crippen molar-refractivity contribution in [3.63, 3.8) is 0 Å². The van der Waals surface area contributed by atoms with Gasteiger partial charge >= 0.3 is 5.97 Å². The van der Waals surface area contributed by atoms with Gasteiger partial charge in [0, 0.05) is 5.39 Å². The number of nitrogens with one attached hydrogen (secondary N) is 1. The highest BCUT2D eigenvalue weighted by molar-refractivity contribution is 5.92. The van der Waals surface area contributed by atoms with Crippen LogP contribution in [0.3, 0.4) is 0 Å². The van der Waals surface area contributed by atoms with E-state index in [1.807, 2.05) is 24.3 Å². The van der Waals surface area contributed by atoms with Crippen LogP contribution < -0.4 is 0 Å². The van der Waals surface area contributed by atoms with Crippen LogP contribution in [-0.4, -0.2) is 22.8 Å². The SMILES string of the molecule is CCOC(=O)c1ccc(-c2n[nH]c3ccccc23)o1.